The molecule has 26 heavy (non-hydrogen) atoms. The first-order valence-electron chi connectivity index (χ1n) is 8.65. The Morgan fingerprint density at radius 2 is 1.88 bits per heavy atom. The van der Waals surface area contributed by atoms with E-state index in [1.807, 2.05) is 25.1 Å². The van der Waals surface area contributed by atoms with Crippen molar-refractivity contribution in [3.05, 3.63) is 84.8 Å². The van der Waals surface area contributed by atoms with Gasteiger partial charge in [-0.05, 0) is 36.6 Å². The molecule has 0 fully saturated rings. The van der Waals surface area contributed by atoms with Gasteiger partial charge >= 0.3 is 0 Å². The molecule has 4 heteroatoms. The number of nitrogens with zero attached hydrogens (tertiary/aromatic N) is 1. The molecule has 0 bridgehead atoms. The van der Waals surface area contributed by atoms with E-state index >= 15 is 0 Å². The first kappa shape index (κ1) is 21.2. The minimum atomic E-state index is -0.192. The fraction of sp³-hybridized carbons (Fsp3) is 0.273. The normalized spacial score (nSPS) is 12.9. The van der Waals surface area contributed by atoms with Crippen molar-refractivity contribution in [2.75, 3.05) is 7.05 Å². The molecule has 2 amide bonds. The number of amides is 2. The van der Waals surface area contributed by atoms with Crippen molar-refractivity contribution in [2.45, 2.75) is 26.7 Å². The lowest BCUT2D eigenvalue weighted by Crippen LogP contribution is -2.31. The third-order valence-corrected chi connectivity index (χ3v) is 3.98. The van der Waals surface area contributed by atoms with Gasteiger partial charge in [-0.1, -0.05) is 56.5 Å². The predicted octanol–water partition coefficient (Wildman–Crippen LogP) is 3.99. The van der Waals surface area contributed by atoms with E-state index in [9.17, 15) is 9.59 Å². The Balaban J connectivity index is 2.82. The maximum atomic E-state index is 12.7. The Bertz CT molecular complexity index is 702. The molecule has 0 heterocycles. The van der Waals surface area contributed by atoms with Crippen LogP contribution >= 0.6 is 0 Å². The van der Waals surface area contributed by atoms with E-state index < -0.39 is 0 Å². The summed E-state index contributed by atoms with van der Waals surface area (Å²) >= 11 is 0. The van der Waals surface area contributed by atoms with Gasteiger partial charge in [0.2, 0.25) is 11.8 Å². The molecule has 0 aromatic heterocycles. The zero-order chi connectivity index (χ0) is 19.5. The average Bonchev–Trinajstić information content (AvgIpc) is 2.63. The van der Waals surface area contributed by atoms with Gasteiger partial charge in [0.25, 0.3) is 0 Å². The number of carbonyl (C=O) groups is 2. The van der Waals surface area contributed by atoms with Crippen molar-refractivity contribution in [3.63, 3.8) is 0 Å². The number of allylic oxidation sites excluding steroid dienone is 4. The van der Waals surface area contributed by atoms with Crippen molar-refractivity contribution in [1.82, 2.24) is 10.2 Å². The molecule has 1 aromatic rings. The third kappa shape index (κ3) is 6.93. The van der Waals surface area contributed by atoms with Gasteiger partial charge in [0.1, 0.15) is 0 Å². The number of aryl methyl sites for hydroxylation is 1. The first-order chi connectivity index (χ1) is 12.4. The molecular formula is C22H28N2O2. The monoisotopic (exact) mass is 352 g/mol. The van der Waals surface area contributed by atoms with Crippen LogP contribution in [0.5, 0.6) is 0 Å². The van der Waals surface area contributed by atoms with Crippen LogP contribution in [0.4, 0.5) is 0 Å². The van der Waals surface area contributed by atoms with Gasteiger partial charge in [-0.15, -0.1) is 0 Å². The molecule has 1 N–H and O–H groups in total. The SMILES string of the molecule is C=C/C=C(\C=C(/C=C)N(C)C(=O)C(C)CCc1ccccc1)NC(C)=O. The van der Waals surface area contributed by atoms with Gasteiger partial charge in [-0.3, -0.25) is 9.59 Å². The summed E-state index contributed by atoms with van der Waals surface area (Å²) in [5, 5.41) is 2.70. The van der Waals surface area contributed by atoms with E-state index in [0.717, 1.165) is 12.8 Å². The van der Waals surface area contributed by atoms with E-state index in [-0.39, 0.29) is 17.7 Å². The Kier molecular flexibility index (Phi) is 8.85. The summed E-state index contributed by atoms with van der Waals surface area (Å²) in [7, 11) is 1.72. The van der Waals surface area contributed by atoms with Crippen molar-refractivity contribution >= 4 is 11.8 Å². The minimum Gasteiger partial charge on any atom is -0.326 e. The van der Waals surface area contributed by atoms with Crippen LogP contribution in [0.3, 0.4) is 0 Å². The second kappa shape index (κ2) is 10.9. The van der Waals surface area contributed by atoms with E-state index in [1.165, 1.54) is 12.5 Å². The Morgan fingerprint density at radius 1 is 1.23 bits per heavy atom. The highest BCUT2D eigenvalue weighted by molar-refractivity contribution is 5.81. The zero-order valence-corrected chi connectivity index (χ0v) is 15.9. The summed E-state index contributed by atoms with van der Waals surface area (Å²) in [4.78, 5) is 25.6. The van der Waals surface area contributed by atoms with Gasteiger partial charge in [-0.25, -0.2) is 0 Å². The van der Waals surface area contributed by atoms with Gasteiger partial charge in [0.15, 0.2) is 0 Å². The fourth-order valence-corrected chi connectivity index (χ4v) is 2.52. The fourth-order valence-electron chi connectivity index (χ4n) is 2.52. The molecule has 0 spiro atoms. The summed E-state index contributed by atoms with van der Waals surface area (Å²) in [6.07, 6.45) is 8.16. The molecule has 4 nitrogen and oxygen atoms in total. The predicted molar refractivity (Wildman–Crippen MR) is 107 cm³/mol. The first-order valence-corrected chi connectivity index (χ1v) is 8.65. The van der Waals surface area contributed by atoms with Gasteiger partial charge in [-0.2, -0.15) is 0 Å². The second-order valence-electron chi connectivity index (χ2n) is 6.13. The second-order valence-corrected chi connectivity index (χ2v) is 6.13. The number of carbonyl (C=O) groups excluding carboxylic acids is 2. The van der Waals surface area contributed by atoms with Crippen molar-refractivity contribution in [3.8, 4) is 0 Å². The van der Waals surface area contributed by atoms with E-state index in [0.29, 0.717) is 11.4 Å². The minimum absolute atomic E-state index is 0.00728. The maximum absolute atomic E-state index is 12.7. The average molecular weight is 352 g/mol. The van der Waals surface area contributed by atoms with Crippen molar-refractivity contribution < 1.29 is 9.59 Å². The smallest absolute Gasteiger partial charge is 0.229 e. The Labute approximate surface area is 156 Å². The zero-order valence-electron chi connectivity index (χ0n) is 15.9. The van der Waals surface area contributed by atoms with Crippen LogP contribution in [-0.2, 0) is 16.0 Å². The van der Waals surface area contributed by atoms with Gasteiger partial charge < -0.3 is 10.2 Å². The van der Waals surface area contributed by atoms with Gasteiger partial charge in [0, 0.05) is 31.3 Å². The summed E-state index contributed by atoms with van der Waals surface area (Å²) < 4.78 is 0. The Hall–Kier alpha value is -2.88. The highest BCUT2D eigenvalue weighted by Crippen LogP contribution is 2.16. The summed E-state index contributed by atoms with van der Waals surface area (Å²) in [5.41, 5.74) is 2.39. The molecule has 1 aromatic carbocycles. The number of rotatable bonds is 9. The number of hydrogen-bond acceptors (Lipinski definition) is 2. The molecule has 0 aliphatic rings. The number of nitrogens with one attached hydrogen (secondary N) is 1. The molecule has 0 saturated heterocycles. The summed E-state index contributed by atoms with van der Waals surface area (Å²) in [5.74, 6) is -0.313. The molecule has 0 saturated carbocycles. The molecule has 0 aliphatic heterocycles. The van der Waals surface area contributed by atoms with Gasteiger partial charge in [0.05, 0.1) is 0 Å². The molecule has 1 rings (SSSR count). The van der Waals surface area contributed by atoms with E-state index in [2.05, 4.69) is 30.6 Å². The van der Waals surface area contributed by atoms with E-state index in [4.69, 9.17) is 0 Å². The molecule has 1 atom stereocenters. The number of benzene rings is 1. The standard InChI is InChI=1S/C22H28N2O2/c1-6-11-20(23-18(4)25)16-21(7-2)24(5)22(26)17(3)14-15-19-12-9-8-10-13-19/h6-13,16-17H,1-2,14-15H2,3-5H3,(H,23,25)/b20-11+,21-16+. The van der Waals surface area contributed by atoms with Crippen LogP contribution in [0.15, 0.2) is 79.2 Å². The topological polar surface area (TPSA) is 49.4 Å². The molecule has 138 valence electrons. The van der Waals surface area contributed by atoms with Crippen LogP contribution in [0.25, 0.3) is 0 Å². The lowest BCUT2D eigenvalue weighted by Gasteiger charge is -2.23. The summed E-state index contributed by atoms with van der Waals surface area (Å²) in [6.45, 7) is 10.8. The van der Waals surface area contributed by atoms with E-state index in [1.54, 1.807) is 36.3 Å². The van der Waals surface area contributed by atoms with Crippen LogP contribution in [-0.4, -0.2) is 23.8 Å². The van der Waals surface area contributed by atoms with Crippen LogP contribution < -0.4 is 5.32 Å². The summed E-state index contributed by atoms with van der Waals surface area (Å²) in [6, 6.07) is 10.1. The lowest BCUT2D eigenvalue weighted by molar-refractivity contribution is -0.131. The lowest BCUT2D eigenvalue weighted by atomic mass is 9.99. The Morgan fingerprint density at radius 3 is 2.42 bits per heavy atom. The van der Waals surface area contributed by atoms with Crippen LogP contribution in [0, 0.1) is 5.92 Å². The molecule has 1 unspecified atom stereocenters. The molecule has 0 aliphatic carbocycles. The largest absolute Gasteiger partial charge is 0.326 e. The highest BCUT2D eigenvalue weighted by Gasteiger charge is 2.19. The maximum Gasteiger partial charge on any atom is 0.229 e. The van der Waals surface area contributed by atoms with Crippen molar-refractivity contribution in [2.24, 2.45) is 5.92 Å². The quantitative estimate of drug-likeness (QED) is 0.683. The molecule has 0 radical (unpaired) electrons. The number of hydrogen-bond donors (Lipinski definition) is 1. The highest BCUT2D eigenvalue weighted by atomic mass is 16.2. The van der Waals surface area contributed by atoms with Crippen LogP contribution in [0.2, 0.25) is 0 Å². The third-order valence-electron chi connectivity index (χ3n) is 3.98. The molecular weight excluding hydrogens is 324 g/mol. The van der Waals surface area contributed by atoms with Crippen molar-refractivity contribution in [1.29, 1.82) is 0 Å². The number of likely N-dealkylation sites (N-methyl/N-ethyl adjacent to an activating group) is 1. The van der Waals surface area contributed by atoms with Crippen LogP contribution in [0.1, 0.15) is 25.8 Å².